The Bertz CT molecular complexity index is 1620. The first-order valence-corrected chi connectivity index (χ1v) is 17.2. The molecule has 17 heteroatoms. The fourth-order valence-corrected chi connectivity index (χ4v) is 4.17. The predicted octanol–water partition coefficient (Wildman–Crippen LogP) is 3.76. The highest BCUT2D eigenvalue weighted by Crippen LogP contribution is 2.24. The van der Waals surface area contributed by atoms with E-state index in [9.17, 15) is 22.8 Å². The molecule has 0 saturated carbocycles. The molecule has 1 heterocycles. The van der Waals surface area contributed by atoms with Crippen LogP contribution in [0.1, 0.15) is 51.9 Å². The molecule has 0 fully saturated rings. The van der Waals surface area contributed by atoms with Gasteiger partial charge in [0.2, 0.25) is 15.7 Å². The van der Waals surface area contributed by atoms with Gasteiger partial charge in [-0.15, -0.1) is 5.10 Å². The Labute approximate surface area is 285 Å². The molecule has 0 aliphatic rings. The van der Waals surface area contributed by atoms with E-state index in [1.54, 1.807) is 71.9 Å². The summed E-state index contributed by atoms with van der Waals surface area (Å²) in [5.41, 5.74) is -0.539. The predicted molar refractivity (Wildman–Crippen MR) is 177 cm³/mol. The molecule has 0 atom stereocenters. The van der Waals surface area contributed by atoms with Crippen LogP contribution in [0.2, 0.25) is 0 Å². The lowest BCUT2D eigenvalue weighted by molar-refractivity contribution is 0.0509. The van der Waals surface area contributed by atoms with E-state index in [2.05, 4.69) is 26.1 Å². The molecule has 0 spiro atoms. The molecule has 0 bridgehead atoms. The Morgan fingerprint density at radius 1 is 0.694 bits per heavy atom. The maximum Gasteiger partial charge on any atom is 0.407 e. The molecule has 16 nitrogen and oxygen atoms in total. The van der Waals surface area contributed by atoms with Crippen LogP contribution in [0, 0.1) is 0 Å². The average Bonchev–Trinajstić information content (AvgIpc) is 3.50. The third-order valence-corrected chi connectivity index (χ3v) is 6.50. The number of benzene rings is 2. The number of rotatable bonds is 15. The zero-order chi connectivity index (χ0) is 36.2. The maximum atomic E-state index is 13.0. The molecule has 49 heavy (non-hydrogen) atoms. The average molecular weight is 706 g/mol. The van der Waals surface area contributed by atoms with Crippen LogP contribution in [-0.2, 0) is 19.3 Å². The van der Waals surface area contributed by atoms with Crippen molar-refractivity contribution in [1.82, 2.24) is 26.1 Å². The van der Waals surface area contributed by atoms with Crippen LogP contribution in [0.5, 0.6) is 17.2 Å². The van der Waals surface area contributed by atoms with Gasteiger partial charge in [0.05, 0.1) is 19.6 Å². The van der Waals surface area contributed by atoms with Crippen LogP contribution in [-0.4, -0.2) is 93.6 Å². The summed E-state index contributed by atoms with van der Waals surface area (Å²) in [6.45, 7) is 11.3. The molecular weight excluding hydrogens is 662 g/mol. The Morgan fingerprint density at radius 3 is 1.61 bits per heavy atom. The molecule has 1 aromatic heterocycles. The number of sulfone groups is 1. The number of aromatic nitrogens is 2. The number of amides is 3. The lowest BCUT2D eigenvalue weighted by Gasteiger charge is -2.20. The van der Waals surface area contributed by atoms with E-state index in [-0.39, 0.29) is 50.9 Å². The van der Waals surface area contributed by atoms with Gasteiger partial charge in [0, 0.05) is 23.4 Å². The normalized spacial score (nSPS) is 11.7. The van der Waals surface area contributed by atoms with Crippen LogP contribution in [0.4, 0.5) is 9.59 Å². The minimum Gasteiger partial charge on any atom is -0.492 e. The van der Waals surface area contributed by atoms with Crippen LogP contribution in [0.3, 0.4) is 0 Å². The van der Waals surface area contributed by atoms with Gasteiger partial charge >= 0.3 is 17.4 Å². The van der Waals surface area contributed by atoms with Crippen LogP contribution >= 0.6 is 0 Å². The van der Waals surface area contributed by atoms with Gasteiger partial charge in [0.25, 0.3) is 5.91 Å². The Hall–Kier alpha value is -5.06. The summed E-state index contributed by atoms with van der Waals surface area (Å²) in [6, 6.07) is 11.2. The lowest BCUT2D eigenvalue weighted by atomic mass is 10.2. The van der Waals surface area contributed by atoms with Gasteiger partial charge in [-0.2, -0.15) is 0 Å². The lowest BCUT2D eigenvalue weighted by Crippen LogP contribution is -2.34. The second-order valence-corrected chi connectivity index (χ2v) is 14.4. The summed E-state index contributed by atoms with van der Waals surface area (Å²) < 4.78 is 56.0. The highest BCUT2D eigenvalue weighted by molar-refractivity contribution is 7.90. The number of ether oxygens (including phenoxy) is 5. The molecule has 268 valence electrons. The third-order valence-electron chi connectivity index (χ3n) is 5.70. The van der Waals surface area contributed by atoms with Crippen molar-refractivity contribution in [2.45, 2.75) is 58.0 Å². The summed E-state index contributed by atoms with van der Waals surface area (Å²) in [7, 11) is -3.62. The SMILES string of the molecule is CC(C)(C)OC(=O)NCCOc1cc(OCCNC(=O)OC(C)(C)C)cc(C(=O)NCCOc2ccc(-c3nnc(S(C)(=O)=O)o3)cc2)c1. The van der Waals surface area contributed by atoms with Crippen molar-refractivity contribution in [3.63, 3.8) is 0 Å². The summed E-state index contributed by atoms with van der Waals surface area (Å²) in [5.74, 6) is 0.746. The quantitative estimate of drug-likeness (QED) is 0.193. The van der Waals surface area contributed by atoms with Gasteiger partial charge < -0.3 is 44.1 Å². The summed E-state index contributed by atoms with van der Waals surface area (Å²) in [4.78, 5) is 36.9. The highest BCUT2D eigenvalue weighted by Gasteiger charge is 2.19. The van der Waals surface area contributed by atoms with Gasteiger partial charge in [-0.05, 0) is 77.9 Å². The Balaban J connectivity index is 1.55. The van der Waals surface area contributed by atoms with E-state index in [0.29, 0.717) is 22.8 Å². The van der Waals surface area contributed by atoms with E-state index in [4.69, 9.17) is 28.1 Å². The summed E-state index contributed by atoms with van der Waals surface area (Å²) >= 11 is 0. The highest BCUT2D eigenvalue weighted by atomic mass is 32.2. The van der Waals surface area contributed by atoms with Gasteiger partial charge in [-0.1, -0.05) is 5.10 Å². The maximum absolute atomic E-state index is 13.0. The molecular formula is C32H43N5O11S. The topological polar surface area (TPSA) is 207 Å². The van der Waals surface area contributed by atoms with E-state index in [1.165, 1.54) is 12.1 Å². The van der Waals surface area contributed by atoms with Crippen molar-refractivity contribution in [1.29, 1.82) is 0 Å². The number of alkyl carbamates (subject to hydrolysis) is 2. The first-order valence-electron chi connectivity index (χ1n) is 15.3. The van der Waals surface area contributed by atoms with Gasteiger partial charge in [-0.3, -0.25) is 4.79 Å². The fourth-order valence-electron chi connectivity index (χ4n) is 3.75. The number of nitrogens with zero attached hydrogens (tertiary/aromatic N) is 2. The number of nitrogens with one attached hydrogen (secondary N) is 3. The molecule has 0 saturated heterocycles. The zero-order valence-electron chi connectivity index (χ0n) is 28.6. The zero-order valence-corrected chi connectivity index (χ0v) is 29.4. The van der Waals surface area contributed by atoms with Crippen molar-refractivity contribution in [2.75, 3.05) is 45.7 Å². The standard InChI is InChI=1S/C32H43N5O11S/c1-31(2,3)47-28(39)34-13-16-44-24-18-22(19-25(20-24)45-17-14-35-29(40)48-32(4,5)6)26(38)33-12-15-43-23-10-8-21(9-11-23)27-36-37-30(46-27)49(7,41)42/h8-11,18-20H,12-17H2,1-7H3,(H,33,38)(H,34,39)(H,35,40). The number of hydrogen-bond acceptors (Lipinski definition) is 13. The molecule has 3 aromatic rings. The van der Waals surface area contributed by atoms with Crippen molar-refractivity contribution in [3.8, 4) is 28.7 Å². The summed E-state index contributed by atoms with van der Waals surface area (Å²) in [6.07, 6.45) is -0.195. The second-order valence-electron chi connectivity index (χ2n) is 12.5. The second kappa shape index (κ2) is 16.9. The Kier molecular flexibility index (Phi) is 13.2. The molecule has 3 amide bonds. The molecule has 0 aliphatic heterocycles. The first-order chi connectivity index (χ1) is 22.9. The first kappa shape index (κ1) is 38.4. The smallest absolute Gasteiger partial charge is 0.407 e. The fraction of sp³-hybridized carbons (Fsp3) is 0.469. The molecule has 3 rings (SSSR count). The number of carbonyl (C=O) groups is 3. The van der Waals surface area contributed by atoms with E-state index in [1.807, 2.05) is 0 Å². The largest absolute Gasteiger partial charge is 0.492 e. The van der Waals surface area contributed by atoms with E-state index in [0.717, 1.165) is 6.26 Å². The monoisotopic (exact) mass is 705 g/mol. The Morgan fingerprint density at radius 2 is 1.16 bits per heavy atom. The summed E-state index contributed by atoms with van der Waals surface area (Å²) in [5, 5.41) is 14.8. The van der Waals surface area contributed by atoms with Crippen LogP contribution in [0.25, 0.3) is 11.5 Å². The molecule has 0 unspecified atom stereocenters. The molecule has 0 radical (unpaired) electrons. The van der Waals surface area contributed by atoms with E-state index >= 15 is 0 Å². The minimum atomic E-state index is -3.62. The molecule has 2 aromatic carbocycles. The third kappa shape index (κ3) is 14.3. The minimum absolute atomic E-state index is 0.0485. The van der Waals surface area contributed by atoms with Crippen molar-refractivity contribution < 1.29 is 50.9 Å². The van der Waals surface area contributed by atoms with Crippen LogP contribution < -0.4 is 30.2 Å². The number of carbonyl (C=O) groups excluding carboxylic acids is 3. The number of hydrogen-bond donors (Lipinski definition) is 3. The van der Waals surface area contributed by atoms with Gasteiger partial charge in [0.15, 0.2) is 0 Å². The van der Waals surface area contributed by atoms with Gasteiger partial charge in [0.1, 0.15) is 48.3 Å². The van der Waals surface area contributed by atoms with Crippen molar-refractivity contribution >= 4 is 27.9 Å². The van der Waals surface area contributed by atoms with Crippen molar-refractivity contribution in [3.05, 3.63) is 48.0 Å². The van der Waals surface area contributed by atoms with Crippen LogP contribution in [0.15, 0.2) is 52.1 Å². The van der Waals surface area contributed by atoms with Crippen molar-refractivity contribution in [2.24, 2.45) is 0 Å². The van der Waals surface area contributed by atoms with Gasteiger partial charge in [-0.25, -0.2) is 18.0 Å². The molecule has 0 aliphatic carbocycles. The molecule has 3 N–H and O–H groups in total. The van der Waals surface area contributed by atoms with E-state index < -0.39 is 44.4 Å².